The Bertz CT molecular complexity index is 551. The molecular weight excluding hydrogens is 288 g/mol. The maximum Gasteiger partial charge on any atom is 0.244 e. The summed E-state index contributed by atoms with van der Waals surface area (Å²) in [4.78, 5) is 6.61. The van der Waals surface area contributed by atoms with Crippen molar-refractivity contribution in [2.45, 2.75) is 17.7 Å². The third kappa shape index (κ3) is 3.93. The molecule has 0 aliphatic carbocycles. The summed E-state index contributed by atoms with van der Waals surface area (Å²) in [5, 5.41) is 2.88. The van der Waals surface area contributed by atoms with Gasteiger partial charge in [0.2, 0.25) is 10.0 Å². The first-order valence-electron chi connectivity index (χ1n) is 7.22. The second-order valence-corrected chi connectivity index (χ2v) is 7.71. The fourth-order valence-corrected chi connectivity index (χ4v) is 3.76. The van der Waals surface area contributed by atoms with Crippen LogP contribution in [0.15, 0.2) is 23.2 Å². The van der Waals surface area contributed by atoms with Gasteiger partial charge in [0.05, 0.1) is 0 Å². The molecule has 6 nitrogen and oxygen atoms in total. The number of nitrogens with zero attached hydrogens (tertiary/aromatic N) is 3. The highest BCUT2D eigenvalue weighted by Crippen LogP contribution is 2.21. The highest BCUT2D eigenvalue weighted by atomic mass is 32.2. The lowest BCUT2D eigenvalue weighted by Crippen LogP contribution is -2.37. The number of likely N-dealkylation sites (tertiary alicyclic amines) is 1. The zero-order valence-corrected chi connectivity index (χ0v) is 13.7. The van der Waals surface area contributed by atoms with Crippen molar-refractivity contribution in [3.63, 3.8) is 0 Å². The largest absolute Gasteiger partial charge is 0.373 e. The van der Waals surface area contributed by atoms with E-state index >= 15 is 0 Å². The van der Waals surface area contributed by atoms with E-state index in [-0.39, 0.29) is 4.90 Å². The zero-order valence-electron chi connectivity index (χ0n) is 12.9. The number of pyridine rings is 1. The first-order chi connectivity index (χ1) is 9.93. The molecule has 0 unspecified atom stereocenters. The molecule has 0 aromatic carbocycles. The van der Waals surface area contributed by atoms with Gasteiger partial charge in [0.1, 0.15) is 10.7 Å². The number of hydrogen-bond acceptors (Lipinski definition) is 5. The zero-order chi connectivity index (χ0) is 15.5. The summed E-state index contributed by atoms with van der Waals surface area (Å²) in [7, 11) is 2.06. The van der Waals surface area contributed by atoms with Crippen LogP contribution in [0, 0.1) is 5.92 Å². The molecule has 2 rings (SSSR count). The van der Waals surface area contributed by atoms with Crippen LogP contribution in [-0.4, -0.2) is 63.4 Å². The summed E-state index contributed by atoms with van der Waals surface area (Å²) < 4.78 is 26.5. The van der Waals surface area contributed by atoms with Gasteiger partial charge >= 0.3 is 0 Å². The van der Waals surface area contributed by atoms with E-state index in [0.717, 1.165) is 25.9 Å². The second kappa shape index (κ2) is 6.72. The van der Waals surface area contributed by atoms with Crippen LogP contribution in [-0.2, 0) is 10.0 Å². The van der Waals surface area contributed by atoms with Crippen LogP contribution in [0.1, 0.15) is 12.8 Å². The number of piperidine rings is 1. The quantitative estimate of drug-likeness (QED) is 0.881. The SMILES string of the molecule is CNc1ccc(S(=O)(=O)N(C)CC2CCN(C)CC2)cn1. The molecule has 0 amide bonds. The molecule has 0 spiro atoms. The predicted octanol–water partition coefficient (Wildman–Crippen LogP) is 1.09. The van der Waals surface area contributed by atoms with Crippen LogP contribution in [0.3, 0.4) is 0 Å². The van der Waals surface area contributed by atoms with Crippen molar-refractivity contribution in [3.05, 3.63) is 18.3 Å². The standard InChI is InChI=1S/C14H24N4O2S/c1-15-14-5-4-13(10-16-14)21(19,20)18(3)11-12-6-8-17(2)9-7-12/h4-5,10,12H,6-9,11H2,1-3H3,(H,15,16). The van der Waals surface area contributed by atoms with Gasteiger partial charge in [-0.05, 0) is 51.0 Å². The molecule has 0 radical (unpaired) electrons. The van der Waals surface area contributed by atoms with E-state index in [2.05, 4.69) is 22.2 Å². The number of anilines is 1. The van der Waals surface area contributed by atoms with Crippen molar-refractivity contribution in [2.24, 2.45) is 5.92 Å². The minimum Gasteiger partial charge on any atom is -0.373 e. The van der Waals surface area contributed by atoms with Gasteiger partial charge in [0.25, 0.3) is 0 Å². The first kappa shape index (κ1) is 16.2. The molecule has 1 aromatic heterocycles. The van der Waals surface area contributed by atoms with Gasteiger partial charge in [0, 0.05) is 26.8 Å². The maximum atomic E-state index is 12.5. The van der Waals surface area contributed by atoms with Gasteiger partial charge in [-0.15, -0.1) is 0 Å². The molecule has 1 aliphatic heterocycles. The average molecular weight is 312 g/mol. The smallest absolute Gasteiger partial charge is 0.244 e. The molecule has 1 aliphatic rings. The highest BCUT2D eigenvalue weighted by Gasteiger charge is 2.25. The van der Waals surface area contributed by atoms with Crippen molar-refractivity contribution >= 4 is 15.8 Å². The van der Waals surface area contributed by atoms with E-state index in [9.17, 15) is 8.42 Å². The van der Waals surface area contributed by atoms with Gasteiger partial charge < -0.3 is 10.2 Å². The van der Waals surface area contributed by atoms with E-state index in [1.54, 1.807) is 26.2 Å². The van der Waals surface area contributed by atoms with Crippen molar-refractivity contribution in [1.29, 1.82) is 0 Å². The van der Waals surface area contributed by atoms with Gasteiger partial charge in [-0.1, -0.05) is 0 Å². The second-order valence-electron chi connectivity index (χ2n) is 5.66. The molecule has 0 bridgehead atoms. The van der Waals surface area contributed by atoms with Crippen LogP contribution in [0.25, 0.3) is 0 Å². The Hall–Kier alpha value is -1.18. The summed E-state index contributed by atoms with van der Waals surface area (Å²) in [5.74, 6) is 1.09. The van der Waals surface area contributed by atoms with Crippen molar-refractivity contribution in [2.75, 3.05) is 46.1 Å². The van der Waals surface area contributed by atoms with Crippen LogP contribution >= 0.6 is 0 Å². The summed E-state index contributed by atoms with van der Waals surface area (Å²) in [6.07, 6.45) is 3.51. The Morgan fingerprint density at radius 3 is 2.57 bits per heavy atom. The lowest BCUT2D eigenvalue weighted by atomic mass is 9.97. The number of sulfonamides is 1. The molecule has 1 saturated heterocycles. The third-order valence-corrected chi connectivity index (χ3v) is 5.86. The summed E-state index contributed by atoms with van der Waals surface area (Å²) in [6.45, 7) is 2.65. The van der Waals surface area contributed by atoms with Crippen LogP contribution < -0.4 is 5.32 Å². The van der Waals surface area contributed by atoms with Crippen LogP contribution in [0.2, 0.25) is 0 Å². The van der Waals surface area contributed by atoms with Crippen LogP contribution in [0.4, 0.5) is 5.82 Å². The number of rotatable bonds is 5. The van der Waals surface area contributed by atoms with Gasteiger partial charge in [-0.25, -0.2) is 17.7 Å². The molecule has 7 heteroatoms. The van der Waals surface area contributed by atoms with Crippen molar-refractivity contribution in [3.8, 4) is 0 Å². The van der Waals surface area contributed by atoms with Gasteiger partial charge in [-0.3, -0.25) is 0 Å². The summed E-state index contributed by atoms with van der Waals surface area (Å²) >= 11 is 0. The molecular formula is C14H24N4O2S. The van der Waals surface area contributed by atoms with Crippen molar-refractivity contribution < 1.29 is 8.42 Å². The fraction of sp³-hybridized carbons (Fsp3) is 0.643. The predicted molar refractivity (Wildman–Crippen MR) is 83.8 cm³/mol. The van der Waals surface area contributed by atoms with Gasteiger partial charge in [0.15, 0.2) is 0 Å². The minimum absolute atomic E-state index is 0.247. The molecule has 118 valence electrons. The molecule has 21 heavy (non-hydrogen) atoms. The summed E-state index contributed by atoms with van der Waals surface area (Å²) in [5.41, 5.74) is 0. The average Bonchev–Trinajstić information content (AvgIpc) is 2.49. The van der Waals surface area contributed by atoms with Crippen molar-refractivity contribution in [1.82, 2.24) is 14.2 Å². The Morgan fingerprint density at radius 2 is 2.05 bits per heavy atom. The number of nitrogens with one attached hydrogen (secondary N) is 1. The Kier molecular flexibility index (Phi) is 5.18. The highest BCUT2D eigenvalue weighted by molar-refractivity contribution is 7.89. The first-order valence-corrected chi connectivity index (χ1v) is 8.66. The van der Waals surface area contributed by atoms with E-state index < -0.39 is 10.0 Å². The van der Waals surface area contributed by atoms with E-state index in [4.69, 9.17) is 0 Å². The van der Waals surface area contributed by atoms with E-state index in [0.29, 0.717) is 18.3 Å². The fourth-order valence-electron chi connectivity index (χ4n) is 2.57. The monoisotopic (exact) mass is 312 g/mol. The van der Waals surface area contributed by atoms with E-state index in [1.165, 1.54) is 10.5 Å². The molecule has 0 atom stereocenters. The van der Waals surface area contributed by atoms with Crippen LogP contribution in [0.5, 0.6) is 0 Å². The Labute approximate surface area is 127 Å². The number of aromatic nitrogens is 1. The molecule has 1 aromatic rings. The Balaban J connectivity index is 2.03. The normalized spacial score (nSPS) is 18.1. The molecule has 0 saturated carbocycles. The molecule has 1 N–H and O–H groups in total. The van der Waals surface area contributed by atoms with E-state index in [1.807, 2.05) is 0 Å². The molecule has 1 fully saturated rings. The minimum atomic E-state index is -3.45. The Morgan fingerprint density at radius 1 is 1.38 bits per heavy atom. The van der Waals surface area contributed by atoms with Gasteiger partial charge in [-0.2, -0.15) is 0 Å². The maximum absolute atomic E-state index is 12.5. The topological polar surface area (TPSA) is 65.5 Å². The third-order valence-electron chi connectivity index (χ3n) is 4.05. The lowest BCUT2D eigenvalue weighted by molar-refractivity contribution is 0.202. The number of hydrogen-bond donors (Lipinski definition) is 1. The lowest BCUT2D eigenvalue weighted by Gasteiger charge is -2.31. The summed E-state index contributed by atoms with van der Waals surface area (Å²) in [6, 6.07) is 3.27. The molecule has 2 heterocycles.